The monoisotopic (exact) mass is 178 g/mol. The van der Waals surface area contributed by atoms with Crippen LogP contribution in [0.3, 0.4) is 0 Å². The molecule has 1 rings (SSSR count). The number of hydrogen-bond acceptors (Lipinski definition) is 1. The van der Waals surface area contributed by atoms with Gasteiger partial charge in [0.15, 0.2) is 5.78 Å². The zero-order valence-electron chi connectivity index (χ0n) is 7.46. The average Bonchev–Trinajstić information content (AvgIpc) is 2.15. The second-order valence-electron chi connectivity index (χ2n) is 2.82. The van der Waals surface area contributed by atoms with Gasteiger partial charge in [-0.05, 0) is 30.2 Å². The van der Waals surface area contributed by atoms with Crippen LogP contribution in [0.15, 0.2) is 30.3 Å². The number of carbonyl (C=O) groups is 1. The van der Waals surface area contributed by atoms with Crippen molar-refractivity contribution < 1.29 is 9.18 Å². The normalized spacial score (nSPS) is 10.6. The topological polar surface area (TPSA) is 17.1 Å². The third kappa shape index (κ3) is 3.20. The van der Waals surface area contributed by atoms with Crippen molar-refractivity contribution in [1.29, 1.82) is 0 Å². The van der Waals surface area contributed by atoms with Crippen LogP contribution in [0.2, 0.25) is 0 Å². The third-order valence-corrected chi connectivity index (χ3v) is 1.62. The molecule has 68 valence electrons. The largest absolute Gasteiger partial charge is 0.295 e. The van der Waals surface area contributed by atoms with E-state index in [9.17, 15) is 9.18 Å². The van der Waals surface area contributed by atoms with Crippen LogP contribution in [-0.2, 0) is 11.5 Å². The van der Waals surface area contributed by atoms with Gasteiger partial charge in [0.05, 0.1) is 0 Å². The van der Waals surface area contributed by atoms with E-state index >= 15 is 0 Å². The van der Waals surface area contributed by atoms with Crippen LogP contribution in [0, 0.1) is 0 Å². The second-order valence-corrected chi connectivity index (χ2v) is 2.82. The molecule has 1 nitrogen and oxygen atoms in total. The highest BCUT2D eigenvalue weighted by molar-refractivity contribution is 5.91. The summed E-state index contributed by atoms with van der Waals surface area (Å²) in [5.41, 5.74) is 1.48. The van der Waals surface area contributed by atoms with Gasteiger partial charge in [-0.1, -0.05) is 24.3 Å². The standard InChI is InChI=1S/C11H11FO/c1-9(13)5-6-10-3-2-4-11(7-10)8-12/h2-7H,8H2,1H3. The van der Waals surface area contributed by atoms with E-state index in [1.165, 1.54) is 13.0 Å². The Hall–Kier alpha value is -1.44. The molecule has 1 aromatic carbocycles. The fourth-order valence-electron chi connectivity index (χ4n) is 0.993. The van der Waals surface area contributed by atoms with Gasteiger partial charge in [-0.2, -0.15) is 0 Å². The highest BCUT2D eigenvalue weighted by atomic mass is 19.1. The number of carbonyl (C=O) groups excluding carboxylic acids is 1. The van der Waals surface area contributed by atoms with Crippen molar-refractivity contribution in [2.45, 2.75) is 13.6 Å². The van der Waals surface area contributed by atoms with E-state index in [1.807, 2.05) is 6.07 Å². The van der Waals surface area contributed by atoms with Crippen LogP contribution in [-0.4, -0.2) is 5.78 Å². The summed E-state index contributed by atoms with van der Waals surface area (Å²) in [6.07, 6.45) is 3.15. The molecule has 0 amide bonds. The van der Waals surface area contributed by atoms with Crippen LogP contribution in [0.4, 0.5) is 4.39 Å². The molecular weight excluding hydrogens is 167 g/mol. The molecular formula is C11H11FO. The quantitative estimate of drug-likeness (QED) is 0.650. The predicted molar refractivity (Wildman–Crippen MR) is 51.0 cm³/mol. The Morgan fingerprint density at radius 3 is 2.92 bits per heavy atom. The summed E-state index contributed by atoms with van der Waals surface area (Å²) in [7, 11) is 0. The maximum Gasteiger partial charge on any atom is 0.152 e. The first kappa shape index (κ1) is 9.65. The number of benzene rings is 1. The minimum Gasteiger partial charge on any atom is -0.295 e. The minimum absolute atomic E-state index is 0.00866. The third-order valence-electron chi connectivity index (χ3n) is 1.62. The molecule has 0 spiro atoms. The van der Waals surface area contributed by atoms with Gasteiger partial charge < -0.3 is 0 Å². The SMILES string of the molecule is CC(=O)C=Cc1cccc(CF)c1. The first-order chi connectivity index (χ1) is 6.22. The smallest absolute Gasteiger partial charge is 0.152 e. The van der Waals surface area contributed by atoms with E-state index in [4.69, 9.17) is 0 Å². The van der Waals surface area contributed by atoms with Crippen molar-refractivity contribution in [1.82, 2.24) is 0 Å². The van der Waals surface area contributed by atoms with Crippen LogP contribution < -0.4 is 0 Å². The van der Waals surface area contributed by atoms with E-state index in [1.54, 1.807) is 24.3 Å². The van der Waals surface area contributed by atoms with Crippen molar-refractivity contribution in [3.8, 4) is 0 Å². The molecule has 0 bridgehead atoms. The summed E-state index contributed by atoms with van der Waals surface area (Å²) in [6.45, 7) is 1.01. The maximum absolute atomic E-state index is 12.2. The fourth-order valence-corrected chi connectivity index (χ4v) is 0.993. The van der Waals surface area contributed by atoms with Gasteiger partial charge in [-0.3, -0.25) is 4.79 Å². The number of halogens is 1. The molecule has 0 fully saturated rings. The molecule has 0 unspecified atom stereocenters. The highest BCUT2D eigenvalue weighted by Crippen LogP contribution is 2.08. The van der Waals surface area contributed by atoms with Gasteiger partial charge in [0.25, 0.3) is 0 Å². The number of rotatable bonds is 3. The Kier molecular flexibility index (Phi) is 3.38. The zero-order chi connectivity index (χ0) is 9.68. The van der Waals surface area contributed by atoms with E-state index in [0.717, 1.165) is 5.56 Å². The molecule has 0 aliphatic rings. The number of alkyl halides is 1. The summed E-state index contributed by atoms with van der Waals surface area (Å²) in [6, 6.07) is 7.04. The fraction of sp³-hybridized carbons (Fsp3) is 0.182. The molecule has 0 atom stereocenters. The van der Waals surface area contributed by atoms with Crippen LogP contribution >= 0.6 is 0 Å². The predicted octanol–water partition coefficient (Wildman–Crippen LogP) is 2.76. The second kappa shape index (κ2) is 4.55. The Morgan fingerprint density at radius 1 is 1.54 bits per heavy atom. The van der Waals surface area contributed by atoms with E-state index in [0.29, 0.717) is 5.56 Å². The first-order valence-electron chi connectivity index (χ1n) is 4.06. The maximum atomic E-state index is 12.2. The van der Waals surface area contributed by atoms with Crippen LogP contribution in [0.5, 0.6) is 0 Å². The lowest BCUT2D eigenvalue weighted by atomic mass is 10.1. The van der Waals surface area contributed by atoms with Gasteiger partial charge in [0.1, 0.15) is 6.67 Å². The van der Waals surface area contributed by atoms with Gasteiger partial charge in [-0.15, -0.1) is 0 Å². The van der Waals surface area contributed by atoms with Crippen molar-refractivity contribution >= 4 is 11.9 Å². The van der Waals surface area contributed by atoms with Crippen molar-refractivity contribution in [2.24, 2.45) is 0 Å². The summed E-state index contributed by atoms with van der Waals surface area (Å²) in [5, 5.41) is 0. The van der Waals surface area contributed by atoms with Crippen LogP contribution in [0.1, 0.15) is 18.1 Å². The molecule has 0 aliphatic heterocycles. The summed E-state index contributed by atoms with van der Waals surface area (Å²) in [4.78, 5) is 10.6. The van der Waals surface area contributed by atoms with Crippen molar-refractivity contribution in [3.63, 3.8) is 0 Å². The van der Waals surface area contributed by atoms with Gasteiger partial charge in [-0.25, -0.2) is 4.39 Å². The van der Waals surface area contributed by atoms with E-state index < -0.39 is 6.67 Å². The van der Waals surface area contributed by atoms with Gasteiger partial charge in [0, 0.05) is 0 Å². The Balaban J connectivity index is 2.83. The van der Waals surface area contributed by atoms with Gasteiger partial charge >= 0.3 is 0 Å². The van der Waals surface area contributed by atoms with Crippen LogP contribution in [0.25, 0.3) is 6.08 Å². The minimum atomic E-state index is -0.470. The molecule has 0 aromatic heterocycles. The Bertz CT molecular complexity index is 329. The lowest BCUT2D eigenvalue weighted by Crippen LogP contribution is -1.82. The summed E-state index contributed by atoms with van der Waals surface area (Å²) < 4.78 is 12.2. The summed E-state index contributed by atoms with van der Waals surface area (Å²) >= 11 is 0. The highest BCUT2D eigenvalue weighted by Gasteiger charge is 1.92. The molecule has 0 heterocycles. The first-order valence-corrected chi connectivity index (χ1v) is 4.06. The molecule has 2 heteroatoms. The molecule has 0 N–H and O–H groups in total. The molecule has 0 radical (unpaired) electrons. The molecule has 0 saturated carbocycles. The van der Waals surface area contributed by atoms with Crippen molar-refractivity contribution in [2.75, 3.05) is 0 Å². The molecule has 0 aliphatic carbocycles. The van der Waals surface area contributed by atoms with E-state index in [2.05, 4.69) is 0 Å². The van der Waals surface area contributed by atoms with Gasteiger partial charge in [0.2, 0.25) is 0 Å². The molecule has 1 aromatic rings. The van der Waals surface area contributed by atoms with Crippen molar-refractivity contribution in [3.05, 3.63) is 41.5 Å². The molecule has 0 saturated heterocycles. The number of allylic oxidation sites excluding steroid dienone is 1. The average molecular weight is 178 g/mol. The Morgan fingerprint density at radius 2 is 2.31 bits per heavy atom. The lowest BCUT2D eigenvalue weighted by molar-refractivity contribution is -0.112. The number of hydrogen-bond donors (Lipinski definition) is 0. The summed E-state index contributed by atoms with van der Waals surface area (Å²) in [5.74, 6) is -0.00866. The zero-order valence-corrected chi connectivity index (χ0v) is 7.46. The number of ketones is 1. The Labute approximate surface area is 76.9 Å². The molecule has 13 heavy (non-hydrogen) atoms. The lowest BCUT2D eigenvalue weighted by Gasteiger charge is -1.95. The van der Waals surface area contributed by atoms with E-state index in [-0.39, 0.29) is 5.78 Å².